The largest absolute Gasteiger partial charge is 0.462 e. The lowest BCUT2D eigenvalue weighted by Gasteiger charge is -2.23. The summed E-state index contributed by atoms with van der Waals surface area (Å²) in [5.41, 5.74) is -0.513. The number of carbonyl (C=O) groups excluding carboxylic acids is 2. The number of hydrogen-bond acceptors (Lipinski definition) is 3. The standard InChI is InChI=1S/C13H22O3/c1-4-5-6-7-13(8-10(2)14)9-11(3)16-12(13)15/h11H,4-9H2,1-3H3. The number of Topliss-reactive ketones (excluding diaryl/α,β-unsaturated/α-hetero) is 1. The van der Waals surface area contributed by atoms with Gasteiger partial charge in [-0.25, -0.2) is 0 Å². The number of esters is 1. The molecule has 92 valence electrons. The average molecular weight is 226 g/mol. The highest BCUT2D eigenvalue weighted by Gasteiger charge is 2.47. The molecule has 0 aromatic heterocycles. The van der Waals surface area contributed by atoms with Gasteiger partial charge in [-0.3, -0.25) is 9.59 Å². The van der Waals surface area contributed by atoms with Crippen LogP contribution in [0.2, 0.25) is 0 Å². The second-order valence-corrected chi connectivity index (χ2v) is 5.04. The van der Waals surface area contributed by atoms with Gasteiger partial charge in [-0.05, 0) is 20.3 Å². The number of ether oxygens (including phenoxy) is 1. The van der Waals surface area contributed by atoms with E-state index < -0.39 is 5.41 Å². The third kappa shape index (κ3) is 3.06. The summed E-state index contributed by atoms with van der Waals surface area (Å²) in [6.07, 6.45) is 5.06. The molecule has 1 saturated heterocycles. The van der Waals surface area contributed by atoms with Gasteiger partial charge < -0.3 is 4.74 Å². The molecule has 3 nitrogen and oxygen atoms in total. The molecular weight excluding hydrogens is 204 g/mol. The van der Waals surface area contributed by atoms with Crippen molar-refractivity contribution in [3.63, 3.8) is 0 Å². The molecule has 0 bridgehead atoms. The molecule has 0 aromatic rings. The minimum atomic E-state index is -0.513. The van der Waals surface area contributed by atoms with Crippen LogP contribution in [0.5, 0.6) is 0 Å². The van der Waals surface area contributed by atoms with Gasteiger partial charge in [0.25, 0.3) is 0 Å². The first-order valence-corrected chi connectivity index (χ1v) is 6.20. The molecule has 0 saturated carbocycles. The highest BCUT2D eigenvalue weighted by Crippen LogP contribution is 2.41. The van der Waals surface area contributed by atoms with E-state index in [0.29, 0.717) is 12.8 Å². The van der Waals surface area contributed by atoms with Crippen LogP contribution in [0.4, 0.5) is 0 Å². The number of cyclic esters (lactones) is 1. The van der Waals surface area contributed by atoms with Gasteiger partial charge in [0.1, 0.15) is 11.9 Å². The molecule has 0 aromatic carbocycles. The van der Waals surface area contributed by atoms with Gasteiger partial charge in [0.05, 0.1) is 5.41 Å². The van der Waals surface area contributed by atoms with E-state index in [2.05, 4.69) is 6.92 Å². The Labute approximate surface area is 97.5 Å². The zero-order valence-electron chi connectivity index (χ0n) is 10.5. The molecule has 0 amide bonds. The molecule has 1 fully saturated rings. The first kappa shape index (κ1) is 13.2. The van der Waals surface area contributed by atoms with Crippen molar-refractivity contribution in [2.75, 3.05) is 0 Å². The van der Waals surface area contributed by atoms with Crippen LogP contribution in [0.15, 0.2) is 0 Å². The highest BCUT2D eigenvalue weighted by atomic mass is 16.6. The Hall–Kier alpha value is -0.860. The summed E-state index contributed by atoms with van der Waals surface area (Å²) in [6, 6.07) is 0. The highest BCUT2D eigenvalue weighted by molar-refractivity contribution is 5.87. The lowest BCUT2D eigenvalue weighted by molar-refractivity contribution is -0.150. The van der Waals surface area contributed by atoms with Crippen molar-refractivity contribution in [3.05, 3.63) is 0 Å². The summed E-state index contributed by atoms with van der Waals surface area (Å²) < 4.78 is 5.22. The van der Waals surface area contributed by atoms with E-state index in [4.69, 9.17) is 4.74 Å². The monoisotopic (exact) mass is 226 g/mol. The van der Waals surface area contributed by atoms with Gasteiger partial charge in [-0.2, -0.15) is 0 Å². The topological polar surface area (TPSA) is 43.4 Å². The van der Waals surface area contributed by atoms with Crippen molar-refractivity contribution >= 4 is 11.8 Å². The van der Waals surface area contributed by atoms with Crippen LogP contribution in [0.3, 0.4) is 0 Å². The van der Waals surface area contributed by atoms with Gasteiger partial charge in [0.15, 0.2) is 0 Å². The number of hydrogen-bond donors (Lipinski definition) is 0. The number of carbonyl (C=O) groups is 2. The molecule has 1 aliphatic rings. The van der Waals surface area contributed by atoms with E-state index in [1.54, 1.807) is 6.92 Å². The minimum absolute atomic E-state index is 0.0338. The van der Waals surface area contributed by atoms with Crippen LogP contribution in [0.25, 0.3) is 0 Å². The second-order valence-electron chi connectivity index (χ2n) is 5.04. The molecule has 0 radical (unpaired) electrons. The van der Waals surface area contributed by atoms with Crippen molar-refractivity contribution < 1.29 is 14.3 Å². The average Bonchev–Trinajstić information content (AvgIpc) is 2.41. The van der Waals surface area contributed by atoms with E-state index in [1.807, 2.05) is 6.92 Å². The maximum atomic E-state index is 11.9. The van der Waals surface area contributed by atoms with Crippen LogP contribution in [0.1, 0.15) is 59.3 Å². The number of ketones is 1. The minimum Gasteiger partial charge on any atom is -0.462 e. The SMILES string of the molecule is CCCCCC1(CC(C)=O)CC(C)OC1=O. The molecule has 1 aliphatic heterocycles. The normalized spacial score (nSPS) is 29.2. The molecule has 1 rings (SSSR count). The number of rotatable bonds is 6. The zero-order chi connectivity index (χ0) is 12.2. The van der Waals surface area contributed by atoms with Gasteiger partial charge in [0, 0.05) is 12.8 Å². The third-order valence-corrected chi connectivity index (χ3v) is 3.27. The lowest BCUT2D eigenvalue weighted by Crippen LogP contribution is -2.29. The summed E-state index contributed by atoms with van der Waals surface area (Å²) >= 11 is 0. The smallest absolute Gasteiger partial charge is 0.312 e. The van der Waals surface area contributed by atoms with Crippen molar-refractivity contribution in [2.45, 2.75) is 65.4 Å². The predicted molar refractivity (Wildman–Crippen MR) is 62.0 cm³/mol. The van der Waals surface area contributed by atoms with Crippen LogP contribution < -0.4 is 0 Å². The fraction of sp³-hybridized carbons (Fsp3) is 0.846. The summed E-state index contributed by atoms with van der Waals surface area (Å²) in [7, 11) is 0. The van der Waals surface area contributed by atoms with E-state index in [-0.39, 0.29) is 17.9 Å². The van der Waals surface area contributed by atoms with Crippen molar-refractivity contribution in [2.24, 2.45) is 5.41 Å². The Balaban J connectivity index is 2.68. The predicted octanol–water partition coefficient (Wildman–Crippen LogP) is 2.87. The van der Waals surface area contributed by atoms with E-state index in [1.165, 1.54) is 0 Å². The zero-order valence-corrected chi connectivity index (χ0v) is 10.5. The van der Waals surface area contributed by atoms with E-state index in [0.717, 1.165) is 25.7 Å². The van der Waals surface area contributed by atoms with Crippen LogP contribution in [0, 0.1) is 5.41 Å². The molecule has 2 atom stereocenters. The van der Waals surface area contributed by atoms with Crippen molar-refractivity contribution in [1.82, 2.24) is 0 Å². The van der Waals surface area contributed by atoms with Crippen LogP contribution >= 0.6 is 0 Å². The lowest BCUT2D eigenvalue weighted by atomic mass is 9.76. The molecule has 0 spiro atoms. The Morgan fingerprint density at radius 1 is 1.50 bits per heavy atom. The molecule has 3 heteroatoms. The Bertz CT molecular complexity index is 272. The summed E-state index contributed by atoms with van der Waals surface area (Å²) in [6.45, 7) is 5.59. The maximum absolute atomic E-state index is 11.9. The molecular formula is C13H22O3. The van der Waals surface area contributed by atoms with Crippen molar-refractivity contribution in [1.29, 1.82) is 0 Å². The Morgan fingerprint density at radius 3 is 2.62 bits per heavy atom. The molecule has 1 heterocycles. The maximum Gasteiger partial charge on any atom is 0.312 e. The van der Waals surface area contributed by atoms with Crippen LogP contribution in [-0.2, 0) is 14.3 Å². The molecule has 0 N–H and O–H groups in total. The third-order valence-electron chi connectivity index (χ3n) is 3.27. The summed E-state index contributed by atoms with van der Waals surface area (Å²) in [5, 5.41) is 0. The second kappa shape index (κ2) is 5.46. The summed E-state index contributed by atoms with van der Waals surface area (Å²) in [5.74, 6) is -0.0751. The van der Waals surface area contributed by atoms with Crippen molar-refractivity contribution in [3.8, 4) is 0 Å². The Kier molecular flexibility index (Phi) is 4.51. The van der Waals surface area contributed by atoms with E-state index in [9.17, 15) is 9.59 Å². The fourth-order valence-electron chi connectivity index (χ4n) is 2.61. The molecule has 0 aliphatic carbocycles. The first-order valence-electron chi connectivity index (χ1n) is 6.20. The molecule has 16 heavy (non-hydrogen) atoms. The van der Waals surface area contributed by atoms with Gasteiger partial charge in [-0.15, -0.1) is 0 Å². The molecule has 2 unspecified atom stereocenters. The van der Waals surface area contributed by atoms with Gasteiger partial charge >= 0.3 is 5.97 Å². The Morgan fingerprint density at radius 2 is 2.19 bits per heavy atom. The van der Waals surface area contributed by atoms with Gasteiger partial charge in [0.2, 0.25) is 0 Å². The van der Waals surface area contributed by atoms with Gasteiger partial charge in [-0.1, -0.05) is 26.2 Å². The summed E-state index contributed by atoms with van der Waals surface area (Å²) in [4.78, 5) is 23.1. The quantitative estimate of drug-likeness (QED) is 0.516. The number of unbranched alkanes of at least 4 members (excludes halogenated alkanes) is 2. The van der Waals surface area contributed by atoms with Crippen LogP contribution in [-0.4, -0.2) is 17.9 Å². The van der Waals surface area contributed by atoms with E-state index >= 15 is 0 Å². The fourth-order valence-corrected chi connectivity index (χ4v) is 2.61. The first-order chi connectivity index (χ1) is 7.50.